The lowest BCUT2D eigenvalue weighted by Crippen LogP contribution is -1.99. The molecule has 27 heavy (non-hydrogen) atoms. The number of benzene rings is 4. The maximum Gasteiger partial charge on any atom is 0.132 e. The Balaban J connectivity index is 1.38. The molecule has 0 aliphatic carbocycles. The highest BCUT2D eigenvalue weighted by Gasteiger charge is 2.10. The summed E-state index contributed by atoms with van der Waals surface area (Å²) in [6.45, 7) is 2.90. The number of rotatable bonds is 6. The predicted molar refractivity (Wildman–Crippen MR) is 118 cm³/mol. The van der Waals surface area contributed by atoms with Crippen LogP contribution >= 0.6 is 11.3 Å². The third-order valence-electron chi connectivity index (χ3n) is 5.53. The molecular weight excluding hydrogens is 348 g/mol. The lowest BCUT2D eigenvalue weighted by atomic mass is 9.91. The van der Waals surface area contributed by atoms with Gasteiger partial charge in [-0.25, -0.2) is 0 Å². The average molecular weight is 371 g/mol. The van der Waals surface area contributed by atoms with Crippen molar-refractivity contribution in [2.75, 3.05) is 6.61 Å². The van der Waals surface area contributed by atoms with Crippen molar-refractivity contribution in [3.8, 4) is 5.75 Å². The summed E-state index contributed by atoms with van der Waals surface area (Å²) < 4.78 is 5.91. The van der Waals surface area contributed by atoms with Gasteiger partial charge in [-0.3, -0.25) is 0 Å². The fourth-order valence-corrected chi connectivity index (χ4v) is 4.88. The van der Waals surface area contributed by atoms with Gasteiger partial charge in [0.15, 0.2) is 0 Å². The van der Waals surface area contributed by atoms with Gasteiger partial charge in [-0.1, -0.05) is 54.6 Å². The van der Waals surface area contributed by atoms with Gasteiger partial charge in [-0.05, 0) is 69.4 Å². The number of ether oxygens (including phenoxy) is 1. The van der Waals surface area contributed by atoms with Crippen LogP contribution in [0.1, 0.15) is 24.0 Å². The van der Waals surface area contributed by atoms with Crippen LogP contribution in [0.25, 0.3) is 32.3 Å². The average Bonchev–Trinajstić information content (AvgIpc) is 3.11. The molecule has 0 atom stereocenters. The van der Waals surface area contributed by atoms with Gasteiger partial charge in [0.25, 0.3) is 0 Å². The molecule has 0 N–H and O–H groups in total. The van der Waals surface area contributed by atoms with Crippen molar-refractivity contribution in [3.63, 3.8) is 0 Å². The van der Waals surface area contributed by atoms with E-state index in [0.29, 0.717) is 0 Å². The van der Waals surface area contributed by atoms with E-state index in [1.807, 2.05) is 0 Å². The molecule has 5 aromatic rings. The van der Waals surface area contributed by atoms with Crippen molar-refractivity contribution in [3.05, 3.63) is 76.5 Å². The molecule has 0 saturated carbocycles. The first-order chi connectivity index (χ1) is 13.3. The smallest absolute Gasteiger partial charge is 0.132 e. The van der Waals surface area contributed by atoms with Crippen LogP contribution in [-0.2, 0) is 6.42 Å². The summed E-state index contributed by atoms with van der Waals surface area (Å²) in [6.07, 6.45) is 3.32. The molecule has 4 aromatic carbocycles. The topological polar surface area (TPSA) is 9.23 Å². The Labute approximate surface area is 163 Å². The third-order valence-corrected chi connectivity index (χ3v) is 6.37. The summed E-state index contributed by atoms with van der Waals surface area (Å²) in [6, 6.07) is 20.3. The van der Waals surface area contributed by atoms with E-state index in [1.165, 1.54) is 43.4 Å². The molecule has 1 heterocycles. The lowest BCUT2D eigenvalue weighted by Gasteiger charge is -2.14. The van der Waals surface area contributed by atoms with Crippen LogP contribution in [-0.4, -0.2) is 6.61 Å². The lowest BCUT2D eigenvalue weighted by molar-refractivity contribution is 0.306. The second kappa shape index (κ2) is 6.86. The summed E-state index contributed by atoms with van der Waals surface area (Å²) >= 11 is 1.71. The van der Waals surface area contributed by atoms with Crippen LogP contribution in [0.15, 0.2) is 65.4 Å². The zero-order valence-electron chi connectivity index (χ0n) is 15.5. The molecule has 1 aromatic heterocycles. The summed E-state index contributed by atoms with van der Waals surface area (Å²) in [5, 5.41) is 12.5. The van der Waals surface area contributed by atoms with Gasteiger partial charge in [0.05, 0.1) is 6.61 Å². The van der Waals surface area contributed by atoms with E-state index in [9.17, 15) is 0 Å². The molecule has 0 saturated heterocycles. The van der Waals surface area contributed by atoms with Gasteiger partial charge in [-0.15, -0.1) is 11.3 Å². The Morgan fingerprint density at radius 3 is 2.30 bits per heavy atom. The Bertz CT molecular complexity index is 1200. The molecular formula is C25H22OS. The van der Waals surface area contributed by atoms with Crippen LogP contribution in [0.2, 0.25) is 0 Å². The molecule has 0 bridgehead atoms. The third kappa shape index (κ3) is 2.94. The van der Waals surface area contributed by atoms with Crippen LogP contribution < -0.4 is 4.74 Å². The summed E-state index contributed by atoms with van der Waals surface area (Å²) in [5.74, 6) is 1.04. The van der Waals surface area contributed by atoms with Gasteiger partial charge in [0.1, 0.15) is 5.75 Å². The van der Waals surface area contributed by atoms with E-state index in [-0.39, 0.29) is 0 Å². The number of hydrogen-bond donors (Lipinski definition) is 0. The number of aryl methyl sites for hydroxylation is 2. The number of thiophene rings is 1. The molecule has 5 rings (SSSR count). The molecule has 0 unspecified atom stereocenters. The second-order valence-electron chi connectivity index (χ2n) is 7.31. The van der Waals surface area contributed by atoms with Gasteiger partial charge >= 0.3 is 0 Å². The SMILES string of the molecule is Cc1cscc1OCCCCc1ccc2ccc3cccc4ccc1c2c34. The van der Waals surface area contributed by atoms with Crippen molar-refractivity contribution in [2.24, 2.45) is 0 Å². The minimum atomic E-state index is 0.795. The minimum absolute atomic E-state index is 0.795. The summed E-state index contributed by atoms with van der Waals surface area (Å²) in [4.78, 5) is 0. The van der Waals surface area contributed by atoms with Gasteiger partial charge < -0.3 is 4.74 Å². The molecule has 0 aliphatic heterocycles. The summed E-state index contributed by atoms with van der Waals surface area (Å²) in [7, 11) is 0. The highest BCUT2D eigenvalue weighted by molar-refractivity contribution is 7.08. The van der Waals surface area contributed by atoms with Crippen molar-refractivity contribution in [1.82, 2.24) is 0 Å². The fraction of sp³-hybridized carbons (Fsp3) is 0.200. The standard InChI is InChI=1S/C25H22OS/c1-17-15-27-16-23(17)26-14-3-2-5-18-8-9-21-11-10-19-6-4-7-20-12-13-22(18)25(21)24(19)20/h4,6-13,15-16H,2-3,5,14H2,1H3. The van der Waals surface area contributed by atoms with Gasteiger partial charge in [0.2, 0.25) is 0 Å². The van der Waals surface area contributed by atoms with E-state index >= 15 is 0 Å². The highest BCUT2D eigenvalue weighted by atomic mass is 32.1. The highest BCUT2D eigenvalue weighted by Crippen LogP contribution is 2.36. The number of unbranched alkanes of at least 4 members (excludes halogenated alkanes) is 1. The van der Waals surface area contributed by atoms with Crippen LogP contribution in [0.4, 0.5) is 0 Å². The molecule has 0 spiro atoms. The van der Waals surface area contributed by atoms with Crippen molar-refractivity contribution >= 4 is 43.7 Å². The molecule has 0 amide bonds. The Hall–Kier alpha value is -2.58. The Kier molecular flexibility index (Phi) is 4.21. The Morgan fingerprint density at radius 1 is 0.778 bits per heavy atom. The minimum Gasteiger partial charge on any atom is -0.492 e. The number of hydrogen-bond acceptors (Lipinski definition) is 2. The maximum absolute atomic E-state index is 5.91. The van der Waals surface area contributed by atoms with Crippen molar-refractivity contribution < 1.29 is 4.74 Å². The molecule has 0 radical (unpaired) electrons. The van der Waals surface area contributed by atoms with Crippen molar-refractivity contribution in [1.29, 1.82) is 0 Å². The Morgan fingerprint density at radius 2 is 1.52 bits per heavy atom. The quantitative estimate of drug-likeness (QED) is 0.224. The fourth-order valence-electron chi connectivity index (χ4n) is 4.11. The first kappa shape index (κ1) is 16.6. The van der Waals surface area contributed by atoms with Crippen LogP contribution in [0, 0.1) is 6.92 Å². The van der Waals surface area contributed by atoms with E-state index in [4.69, 9.17) is 4.74 Å². The van der Waals surface area contributed by atoms with E-state index in [1.54, 1.807) is 11.3 Å². The first-order valence-electron chi connectivity index (χ1n) is 9.62. The maximum atomic E-state index is 5.91. The first-order valence-corrected chi connectivity index (χ1v) is 10.6. The van der Waals surface area contributed by atoms with Gasteiger partial charge in [0, 0.05) is 10.9 Å². The molecule has 2 heteroatoms. The van der Waals surface area contributed by atoms with Crippen molar-refractivity contribution in [2.45, 2.75) is 26.2 Å². The molecule has 1 nitrogen and oxygen atoms in total. The van der Waals surface area contributed by atoms with E-state index in [2.05, 4.69) is 72.3 Å². The second-order valence-corrected chi connectivity index (χ2v) is 8.05. The van der Waals surface area contributed by atoms with Crippen LogP contribution in [0.3, 0.4) is 0 Å². The summed E-state index contributed by atoms with van der Waals surface area (Å²) in [5.41, 5.74) is 2.69. The zero-order chi connectivity index (χ0) is 18.2. The van der Waals surface area contributed by atoms with Crippen LogP contribution in [0.5, 0.6) is 5.75 Å². The normalized spacial score (nSPS) is 11.7. The molecule has 0 aliphatic rings. The van der Waals surface area contributed by atoms with E-state index < -0.39 is 0 Å². The van der Waals surface area contributed by atoms with E-state index in [0.717, 1.165) is 31.6 Å². The van der Waals surface area contributed by atoms with Gasteiger partial charge in [-0.2, -0.15) is 0 Å². The molecule has 0 fully saturated rings. The molecule has 134 valence electrons. The zero-order valence-corrected chi connectivity index (χ0v) is 16.3. The largest absolute Gasteiger partial charge is 0.492 e. The predicted octanol–water partition coefficient (Wildman–Crippen LogP) is 7.36. The monoisotopic (exact) mass is 370 g/mol.